The predicted octanol–water partition coefficient (Wildman–Crippen LogP) is 0.968. The van der Waals surface area contributed by atoms with Crippen molar-refractivity contribution >= 4 is 6.16 Å². The molecule has 8 heteroatoms. The van der Waals surface area contributed by atoms with E-state index in [1.54, 1.807) is 26.8 Å². The number of aliphatic hydroxyl groups excluding tert-OH is 1. The Kier molecular flexibility index (Phi) is 5.99. The molecular formula is C15H24O8. The normalized spacial score (nSPS) is 35.9. The number of ether oxygens (including phenoxy) is 6. The summed E-state index contributed by atoms with van der Waals surface area (Å²) in [4.78, 5) is 11.5. The van der Waals surface area contributed by atoms with Crippen LogP contribution in [0.1, 0.15) is 20.8 Å². The molecule has 0 aliphatic carbocycles. The van der Waals surface area contributed by atoms with Crippen molar-refractivity contribution in [3.8, 4) is 0 Å². The summed E-state index contributed by atoms with van der Waals surface area (Å²) >= 11 is 0. The summed E-state index contributed by atoms with van der Waals surface area (Å²) in [6.45, 7) is 9.36. The maximum Gasteiger partial charge on any atom is 0.510 e. The third kappa shape index (κ3) is 4.42. The molecule has 0 aromatic carbocycles. The molecule has 23 heavy (non-hydrogen) atoms. The van der Waals surface area contributed by atoms with Gasteiger partial charge in [0.05, 0.1) is 19.8 Å². The molecule has 0 aromatic heterocycles. The van der Waals surface area contributed by atoms with Crippen molar-refractivity contribution in [2.75, 3.05) is 19.8 Å². The Morgan fingerprint density at radius 2 is 2.22 bits per heavy atom. The van der Waals surface area contributed by atoms with Crippen LogP contribution in [-0.4, -0.2) is 67.6 Å². The van der Waals surface area contributed by atoms with Gasteiger partial charge in [0.25, 0.3) is 0 Å². The third-order valence-electron chi connectivity index (χ3n) is 3.51. The van der Waals surface area contributed by atoms with E-state index < -0.39 is 42.6 Å². The summed E-state index contributed by atoms with van der Waals surface area (Å²) in [6.07, 6.45) is -3.67. The molecular weight excluding hydrogens is 308 g/mol. The van der Waals surface area contributed by atoms with Gasteiger partial charge in [0.15, 0.2) is 5.79 Å². The molecule has 0 unspecified atom stereocenters. The fourth-order valence-electron chi connectivity index (χ4n) is 2.53. The molecule has 2 aliphatic rings. The van der Waals surface area contributed by atoms with E-state index >= 15 is 0 Å². The van der Waals surface area contributed by atoms with Crippen LogP contribution in [0.15, 0.2) is 12.7 Å². The van der Waals surface area contributed by atoms with E-state index in [1.165, 1.54) is 0 Å². The van der Waals surface area contributed by atoms with Gasteiger partial charge in [-0.3, -0.25) is 0 Å². The lowest BCUT2D eigenvalue weighted by Crippen LogP contribution is -2.65. The highest BCUT2D eigenvalue weighted by molar-refractivity contribution is 5.60. The molecule has 0 bridgehead atoms. The van der Waals surface area contributed by atoms with E-state index in [9.17, 15) is 9.90 Å². The first-order valence-electron chi connectivity index (χ1n) is 7.59. The maximum absolute atomic E-state index is 11.5. The van der Waals surface area contributed by atoms with Gasteiger partial charge in [0, 0.05) is 0 Å². The molecule has 5 atom stereocenters. The van der Waals surface area contributed by atoms with Gasteiger partial charge in [-0.05, 0) is 20.8 Å². The number of carbonyl (C=O) groups is 1. The Balaban J connectivity index is 2.12. The number of hydrogen-bond donors (Lipinski definition) is 1. The van der Waals surface area contributed by atoms with Crippen LogP contribution in [0.3, 0.4) is 0 Å². The van der Waals surface area contributed by atoms with Crippen molar-refractivity contribution in [2.45, 2.75) is 57.3 Å². The van der Waals surface area contributed by atoms with Crippen molar-refractivity contribution in [2.24, 2.45) is 0 Å². The van der Waals surface area contributed by atoms with Gasteiger partial charge >= 0.3 is 6.16 Å². The zero-order valence-electron chi connectivity index (χ0n) is 13.6. The first-order valence-corrected chi connectivity index (χ1v) is 7.59. The van der Waals surface area contributed by atoms with E-state index in [0.29, 0.717) is 0 Å². The number of aliphatic hydroxyl groups is 1. The van der Waals surface area contributed by atoms with Crippen molar-refractivity contribution in [3.63, 3.8) is 0 Å². The summed E-state index contributed by atoms with van der Waals surface area (Å²) < 4.78 is 32.3. The van der Waals surface area contributed by atoms with Gasteiger partial charge in [-0.25, -0.2) is 4.79 Å². The first-order chi connectivity index (χ1) is 10.9. The van der Waals surface area contributed by atoms with Crippen LogP contribution in [0.2, 0.25) is 0 Å². The van der Waals surface area contributed by atoms with Crippen LogP contribution in [0, 0.1) is 0 Å². The van der Waals surface area contributed by atoms with E-state index in [4.69, 9.17) is 28.4 Å². The lowest BCUT2D eigenvalue weighted by atomic mass is 9.97. The minimum absolute atomic E-state index is 0.157. The quantitative estimate of drug-likeness (QED) is 0.588. The van der Waals surface area contributed by atoms with Crippen LogP contribution in [0.5, 0.6) is 0 Å². The minimum Gasteiger partial charge on any atom is -0.435 e. The molecule has 2 aliphatic heterocycles. The standard InChI is InChI=1S/C15H24O8/c1-5-7-19-12-10(16)13(22-14(17)18-6-2)21-9-8-20-15(3,4)23-11(9)12/h5,9-13,16H,1,6-8H2,2-4H3/t9-,10-,11-,12-,13+/m1/s1. The highest BCUT2D eigenvalue weighted by atomic mass is 16.8. The lowest BCUT2D eigenvalue weighted by molar-refractivity contribution is -0.380. The molecule has 0 spiro atoms. The summed E-state index contributed by atoms with van der Waals surface area (Å²) in [7, 11) is 0. The molecule has 0 amide bonds. The Morgan fingerprint density at radius 3 is 2.87 bits per heavy atom. The van der Waals surface area contributed by atoms with E-state index in [1.807, 2.05) is 0 Å². The molecule has 2 fully saturated rings. The Bertz CT molecular complexity index is 424. The monoisotopic (exact) mass is 332 g/mol. The molecule has 8 nitrogen and oxygen atoms in total. The topological polar surface area (TPSA) is 92.7 Å². The lowest BCUT2D eigenvalue weighted by Gasteiger charge is -2.49. The second kappa shape index (κ2) is 7.59. The molecule has 2 rings (SSSR count). The largest absolute Gasteiger partial charge is 0.510 e. The van der Waals surface area contributed by atoms with E-state index in [0.717, 1.165) is 0 Å². The smallest absolute Gasteiger partial charge is 0.435 e. The van der Waals surface area contributed by atoms with Gasteiger partial charge in [-0.15, -0.1) is 6.58 Å². The van der Waals surface area contributed by atoms with Crippen molar-refractivity contribution < 1.29 is 38.3 Å². The van der Waals surface area contributed by atoms with Crippen LogP contribution in [0.25, 0.3) is 0 Å². The van der Waals surface area contributed by atoms with E-state index in [-0.39, 0.29) is 19.8 Å². The molecule has 0 aromatic rings. The first kappa shape index (κ1) is 18.2. The Labute approximate surface area is 135 Å². The van der Waals surface area contributed by atoms with Crippen molar-refractivity contribution in [1.82, 2.24) is 0 Å². The molecule has 1 N–H and O–H groups in total. The highest BCUT2D eigenvalue weighted by Crippen LogP contribution is 2.34. The number of carbonyl (C=O) groups excluding carboxylic acids is 1. The highest BCUT2D eigenvalue weighted by Gasteiger charge is 2.52. The average Bonchev–Trinajstić information content (AvgIpc) is 2.48. The van der Waals surface area contributed by atoms with E-state index in [2.05, 4.69) is 6.58 Å². The second-order valence-electron chi connectivity index (χ2n) is 5.71. The van der Waals surface area contributed by atoms with Crippen LogP contribution >= 0.6 is 0 Å². The number of fused-ring (bicyclic) bond motifs is 1. The third-order valence-corrected chi connectivity index (χ3v) is 3.51. The van der Waals surface area contributed by atoms with Crippen molar-refractivity contribution in [1.29, 1.82) is 0 Å². The molecule has 2 saturated heterocycles. The van der Waals surface area contributed by atoms with Gasteiger partial charge in [-0.1, -0.05) is 6.08 Å². The fourth-order valence-corrected chi connectivity index (χ4v) is 2.53. The van der Waals surface area contributed by atoms with Gasteiger partial charge in [0.1, 0.15) is 24.4 Å². The Hall–Kier alpha value is -1.19. The maximum atomic E-state index is 11.5. The van der Waals surface area contributed by atoms with Crippen LogP contribution in [-0.2, 0) is 28.4 Å². The molecule has 0 radical (unpaired) electrons. The van der Waals surface area contributed by atoms with Gasteiger partial charge in [0.2, 0.25) is 6.29 Å². The summed E-state index contributed by atoms with van der Waals surface area (Å²) in [5.74, 6) is -0.825. The predicted molar refractivity (Wildman–Crippen MR) is 77.6 cm³/mol. The van der Waals surface area contributed by atoms with Crippen LogP contribution < -0.4 is 0 Å². The van der Waals surface area contributed by atoms with Gasteiger partial charge in [-0.2, -0.15) is 0 Å². The summed E-state index contributed by atoms with van der Waals surface area (Å²) in [6, 6.07) is 0. The minimum atomic E-state index is -1.23. The summed E-state index contributed by atoms with van der Waals surface area (Å²) in [5, 5.41) is 10.4. The van der Waals surface area contributed by atoms with Crippen LogP contribution in [0.4, 0.5) is 4.79 Å². The number of rotatable bonds is 5. The SMILES string of the molecule is C=CCO[C@@H]1[C@@H](O)[C@H](OC(=O)OCC)O[C@@H]2COC(C)(C)O[C@@H]12. The Morgan fingerprint density at radius 1 is 1.48 bits per heavy atom. The second-order valence-corrected chi connectivity index (χ2v) is 5.71. The fraction of sp³-hybridized carbons (Fsp3) is 0.800. The average molecular weight is 332 g/mol. The van der Waals surface area contributed by atoms with Crippen molar-refractivity contribution in [3.05, 3.63) is 12.7 Å². The van der Waals surface area contributed by atoms with Gasteiger partial charge < -0.3 is 33.5 Å². The molecule has 132 valence electrons. The zero-order chi connectivity index (χ0) is 17.0. The summed E-state index contributed by atoms with van der Waals surface area (Å²) in [5.41, 5.74) is 0. The number of hydrogen-bond acceptors (Lipinski definition) is 8. The molecule has 2 heterocycles. The zero-order valence-corrected chi connectivity index (χ0v) is 13.6. The molecule has 0 saturated carbocycles.